The van der Waals surface area contributed by atoms with Crippen molar-refractivity contribution >= 4 is 28.6 Å². The molecule has 0 fully saturated rings. The molecule has 0 spiro atoms. The quantitative estimate of drug-likeness (QED) is 0.858. The Morgan fingerprint density at radius 2 is 1.90 bits per heavy atom. The second-order valence-electron chi connectivity index (χ2n) is 4.44. The van der Waals surface area contributed by atoms with Crippen LogP contribution in [0.4, 0.5) is 11.4 Å². The average molecular weight is 290 g/mol. The van der Waals surface area contributed by atoms with Crippen molar-refractivity contribution in [2.45, 2.75) is 13.5 Å². The maximum absolute atomic E-state index is 11.4. The van der Waals surface area contributed by atoms with Crippen molar-refractivity contribution in [2.75, 3.05) is 24.4 Å². The van der Waals surface area contributed by atoms with Crippen molar-refractivity contribution < 1.29 is 9.53 Å². The number of hydrogen-bond donors (Lipinski definition) is 2. The summed E-state index contributed by atoms with van der Waals surface area (Å²) >= 11 is 1.75. The number of ether oxygens (including phenoxy) is 1. The summed E-state index contributed by atoms with van der Waals surface area (Å²) < 4.78 is 4.77. The van der Waals surface area contributed by atoms with Crippen LogP contribution in [0.3, 0.4) is 0 Å². The van der Waals surface area contributed by atoms with Gasteiger partial charge in [-0.2, -0.15) is 0 Å². The van der Waals surface area contributed by atoms with Crippen LogP contribution in [0.2, 0.25) is 0 Å². The van der Waals surface area contributed by atoms with Gasteiger partial charge in [0.05, 0.1) is 0 Å². The molecule has 2 N–H and O–H groups in total. The standard InChI is InChI=1S/C15H18N2O2S/c1-11-7-8-20-14(11)9-16-12-3-5-13(6-4-12)17-15(18)10-19-2/h3-8,16H,9-10H2,1-2H3,(H,17,18). The molecule has 0 aliphatic carbocycles. The molecule has 4 nitrogen and oxygen atoms in total. The zero-order chi connectivity index (χ0) is 14.4. The summed E-state index contributed by atoms with van der Waals surface area (Å²) in [4.78, 5) is 12.7. The zero-order valence-corrected chi connectivity index (χ0v) is 12.4. The minimum Gasteiger partial charge on any atom is -0.380 e. The summed E-state index contributed by atoms with van der Waals surface area (Å²) in [6.45, 7) is 3.00. The number of amides is 1. The second kappa shape index (κ2) is 7.07. The maximum atomic E-state index is 11.4. The van der Waals surface area contributed by atoms with Gasteiger partial charge in [0.25, 0.3) is 0 Å². The molecule has 0 aliphatic heterocycles. The van der Waals surface area contributed by atoms with Crippen LogP contribution < -0.4 is 10.6 Å². The molecule has 0 atom stereocenters. The molecule has 0 radical (unpaired) electrons. The highest BCUT2D eigenvalue weighted by molar-refractivity contribution is 7.10. The van der Waals surface area contributed by atoms with Crippen molar-refractivity contribution in [3.63, 3.8) is 0 Å². The molecule has 20 heavy (non-hydrogen) atoms. The van der Waals surface area contributed by atoms with Crippen LogP contribution in [0.25, 0.3) is 0 Å². The number of carbonyl (C=O) groups is 1. The number of nitrogens with one attached hydrogen (secondary N) is 2. The highest BCUT2D eigenvalue weighted by Crippen LogP contribution is 2.19. The van der Waals surface area contributed by atoms with Gasteiger partial charge in [0, 0.05) is 29.9 Å². The predicted molar refractivity (Wildman–Crippen MR) is 83.3 cm³/mol. The highest BCUT2D eigenvalue weighted by atomic mass is 32.1. The molecule has 2 aromatic rings. The minimum absolute atomic E-state index is 0.0671. The van der Waals surface area contributed by atoms with Gasteiger partial charge in [0.15, 0.2) is 0 Å². The van der Waals surface area contributed by atoms with Crippen LogP contribution in [-0.4, -0.2) is 19.6 Å². The van der Waals surface area contributed by atoms with Crippen molar-refractivity contribution in [3.05, 3.63) is 46.2 Å². The Hall–Kier alpha value is -1.85. The first kappa shape index (κ1) is 14.6. The van der Waals surface area contributed by atoms with E-state index in [0.29, 0.717) is 0 Å². The summed E-state index contributed by atoms with van der Waals surface area (Å²) in [5, 5.41) is 8.22. The summed E-state index contributed by atoms with van der Waals surface area (Å²) in [5.74, 6) is -0.151. The molecule has 0 bridgehead atoms. The molecule has 0 saturated heterocycles. The van der Waals surface area contributed by atoms with Gasteiger partial charge >= 0.3 is 0 Å². The van der Waals surface area contributed by atoms with Crippen LogP contribution in [-0.2, 0) is 16.1 Å². The van der Waals surface area contributed by atoms with Crippen LogP contribution in [0, 0.1) is 6.92 Å². The van der Waals surface area contributed by atoms with E-state index < -0.39 is 0 Å². The molecule has 0 saturated carbocycles. The van der Waals surface area contributed by atoms with E-state index in [1.807, 2.05) is 24.3 Å². The minimum atomic E-state index is -0.151. The molecule has 2 rings (SSSR count). The summed E-state index contributed by atoms with van der Waals surface area (Å²) in [7, 11) is 1.50. The first-order valence-electron chi connectivity index (χ1n) is 6.34. The van der Waals surface area contributed by atoms with Crippen molar-refractivity contribution in [3.8, 4) is 0 Å². The first-order chi connectivity index (χ1) is 9.69. The number of thiophene rings is 1. The number of hydrogen-bond acceptors (Lipinski definition) is 4. The molecule has 1 aromatic carbocycles. The molecule has 0 unspecified atom stereocenters. The fourth-order valence-corrected chi connectivity index (χ4v) is 2.61. The number of benzene rings is 1. The third-order valence-electron chi connectivity index (χ3n) is 2.87. The Morgan fingerprint density at radius 3 is 2.50 bits per heavy atom. The molecule has 1 amide bonds. The largest absolute Gasteiger partial charge is 0.380 e. The van der Waals surface area contributed by atoms with Gasteiger partial charge in [-0.3, -0.25) is 4.79 Å². The average Bonchev–Trinajstić information content (AvgIpc) is 2.84. The molecule has 0 aliphatic rings. The van der Waals surface area contributed by atoms with Crippen molar-refractivity contribution in [1.82, 2.24) is 0 Å². The van der Waals surface area contributed by atoms with E-state index in [-0.39, 0.29) is 12.5 Å². The van der Waals surface area contributed by atoms with Crippen LogP contribution >= 0.6 is 11.3 Å². The molecular weight excluding hydrogens is 272 g/mol. The lowest BCUT2D eigenvalue weighted by Gasteiger charge is -2.08. The lowest BCUT2D eigenvalue weighted by molar-refractivity contribution is -0.119. The first-order valence-corrected chi connectivity index (χ1v) is 7.22. The van der Waals surface area contributed by atoms with Crippen LogP contribution in [0.5, 0.6) is 0 Å². The van der Waals surface area contributed by atoms with Gasteiger partial charge in [-0.05, 0) is 48.2 Å². The SMILES string of the molecule is COCC(=O)Nc1ccc(NCc2sccc2C)cc1. The number of carbonyl (C=O) groups excluding carboxylic acids is 1. The fourth-order valence-electron chi connectivity index (χ4n) is 1.77. The topological polar surface area (TPSA) is 50.4 Å². The van der Waals surface area contributed by atoms with Crippen LogP contribution in [0.15, 0.2) is 35.7 Å². The Kier molecular flexibility index (Phi) is 5.15. The van der Waals surface area contributed by atoms with E-state index in [9.17, 15) is 4.79 Å². The van der Waals surface area contributed by atoms with Gasteiger partial charge in [-0.1, -0.05) is 0 Å². The zero-order valence-electron chi connectivity index (χ0n) is 11.6. The smallest absolute Gasteiger partial charge is 0.250 e. The fraction of sp³-hybridized carbons (Fsp3) is 0.267. The molecule has 5 heteroatoms. The van der Waals surface area contributed by atoms with Crippen molar-refractivity contribution in [2.24, 2.45) is 0 Å². The van der Waals surface area contributed by atoms with Gasteiger partial charge in [-0.15, -0.1) is 11.3 Å². The van der Waals surface area contributed by atoms with E-state index in [4.69, 9.17) is 4.74 Å². The Labute approximate surface area is 122 Å². The second-order valence-corrected chi connectivity index (χ2v) is 5.44. The lowest BCUT2D eigenvalue weighted by Crippen LogP contribution is -2.16. The molecule has 106 valence electrons. The molecule has 1 heterocycles. The van der Waals surface area contributed by atoms with Gasteiger partial charge in [-0.25, -0.2) is 0 Å². The Bertz CT molecular complexity index is 564. The van der Waals surface area contributed by atoms with Crippen molar-refractivity contribution in [1.29, 1.82) is 0 Å². The molecular formula is C15H18N2O2S. The summed E-state index contributed by atoms with van der Waals surface area (Å²) in [5.41, 5.74) is 3.11. The van der Waals surface area contributed by atoms with E-state index in [1.54, 1.807) is 11.3 Å². The number of rotatable bonds is 6. The maximum Gasteiger partial charge on any atom is 0.250 e. The van der Waals surface area contributed by atoms with E-state index in [0.717, 1.165) is 17.9 Å². The number of anilines is 2. The monoisotopic (exact) mass is 290 g/mol. The summed E-state index contributed by atoms with van der Waals surface area (Å²) in [6, 6.07) is 9.77. The Balaban J connectivity index is 1.88. The summed E-state index contributed by atoms with van der Waals surface area (Å²) in [6.07, 6.45) is 0. The third-order valence-corrected chi connectivity index (χ3v) is 3.89. The number of methoxy groups -OCH3 is 1. The molecule has 1 aromatic heterocycles. The van der Waals surface area contributed by atoms with Gasteiger partial charge < -0.3 is 15.4 Å². The van der Waals surface area contributed by atoms with E-state index in [2.05, 4.69) is 29.0 Å². The third kappa shape index (κ3) is 4.08. The van der Waals surface area contributed by atoms with E-state index in [1.165, 1.54) is 17.6 Å². The highest BCUT2D eigenvalue weighted by Gasteiger charge is 2.02. The van der Waals surface area contributed by atoms with Gasteiger partial charge in [0.1, 0.15) is 6.61 Å². The number of aryl methyl sites for hydroxylation is 1. The van der Waals surface area contributed by atoms with Gasteiger partial charge in [0.2, 0.25) is 5.91 Å². The van der Waals surface area contributed by atoms with E-state index >= 15 is 0 Å². The lowest BCUT2D eigenvalue weighted by atomic mass is 10.2. The predicted octanol–water partition coefficient (Wildman–Crippen LogP) is 3.25. The Morgan fingerprint density at radius 1 is 1.20 bits per heavy atom. The van der Waals surface area contributed by atoms with Crippen LogP contribution in [0.1, 0.15) is 10.4 Å². The normalized spacial score (nSPS) is 10.3.